The summed E-state index contributed by atoms with van der Waals surface area (Å²) < 4.78 is 5.42. The van der Waals surface area contributed by atoms with Crippen molar-refractivity contribution < 1.29 is 14.3 Å². The smallest absolute Gasteiger partial charge is 0.164 e. The molecule has 0 N–H and O–H groups in total. The number of benzene rings is 1. The van der Waals surface area contributed by atoms with Crippen LogP contribution in [0.2, 0.25) is 0 Å². The van der Waals surface area contributed by atoms with Crippen LogP contribution in [0.4, 0.5) is 0 Å². The van der Waals surface area contributed by atoms with Gasteiger partial charge < -0.3 is 4.74 Å². The van der Waals surface area contributed by atoms with Crippen molar-refractivity contribution in [2.75, 3.05) is 7.11 Å². The monoisotopic (exact) mass is 314 g/mol. The lowest BCUT2D eigenvalue weighted by molar-refractivity contribution is 0.0366. The average molecular weight is 314 g/mol. The molecule has 0 aromatic heterocycles. The Kier molecular flexibility index (Phi) is 3.66. The van der Waals surface area contributed by atoms with Crippen molar-refractivity contribution in [2.45, 2.75) is 58.8 Å². The SMILES string of the molecule is COc1cc(C(C)=O)c2c(c1)[C@]1(C)CCCC(C)(C)[C@H]1CC2=O. The Morgan fingerprint density at radius 2 is 1.91 bits per heavy atom. The third-order valence-corrected chi connectivity index (χ3v) is 6.24. The molecule has 23 heavy (non-hydrogen) atoms. The van der Waals surface area contributed by atoms with E-state index in [1.807, 2.05) is 6.07 Å². The number of ketones is 2. The van der Waals surface area contributed by atoms with Crippen molar-refractivity contribution in [1.29, 1.82) is 0 Å². The topological polar surface area (TPSA) is 43.4 Å². The van der Waals surface area contributed by atoms with Gasteiger partial charge in [-0.2, -0.15) is 0 Å². The highest BCUT2D eigenvalue weighted by Gasteiger charge is 2.52. The van der Waals surface area contributed by atoms with E-state index in [0.29, 0.717) is 29.2 Å². The molecule has 3 heteroatoms. The first-order chi connectivity index (χ1) is 10.7. The number of carbonyl (C=O) groups is 2. The predicted octanol–water partition coefficient (Wildman–Crippen LogP) is 4.57. The van der Waals surface area contributed by atoms with Crippen LogP contribution in [0, 0.1) is 11.3 Å². The number of methoxy groups -OCH3 is 1. The van der Waals surface area contributed by atoms with Gasteiger partial charge in [0, 0.05) is 17.5 Å². The fraction of sp³-hybridized carbons (Fsp3) is 0.600. The highest BCUT2D eigenvalue weighted by atomic mass is 16.5. The minimum absolute atomic E-state index is 0.0642. The van der Waals surface area contributed by atoms with Crippen molar-refractivity contribution in [1.82, 2.24) is 0 Å². The molecule has 2 aliphatic carbocycles. The van der Waals surface area contributed by atoms with Gasteiger partial charge in [0.15, 0.2) is 11.6 Å². The zero-order valence-corrected chi connectivity index (χ0v) is 14.8. The Hall–Kier alpha value is -1.64. The lowest BCUT2D eigenvalue weighted by Gasteiger charge is -2.54. The molecule has 0 amide bonds. The maximum Gasteiger partial charge on any atom is 0.164 e. The van der Waals surface area contributed by atoms with Crippen molar-refractivity contribution in [3.63, 3.8) is 0 Å². The molecular formula is C20H26O3. The molecule has 1 aromatic carbocycles. The van der Waals surface area contributed by atoms with Gasteiger partial charge in [0.05, 0.1) is 7.11 Å². The third kappa shape index (κ3) is 2.32. The molecule has 3 rings (SSSR count). The molecule has 0 radical (unpaired) electrons. The van der Waals surface area contributed by atoms with E-state index in [1.54, 1.807) is 13.2 Å². The standard InChI is InChI=1S/C20H26O3/c1-12(21)14-9-13(23-5)10-15-18(14)16(22)11-17-19(2,3)7-6-8-20(15,17)4/h9-10,17H,6-8,11H2,1-5H3/t17-,20+/m1/s1. The second-order valence-electron chi connectivity index (χ2n) is 8.09. The summed E-state index contributed by atoms with van der Waals surface area (Å²) in [5.74, 6) is 1.04. The summed E-state index contributed by atoms with van der Waals surface area (Å²) in [5, 5.41) is 0. The summed E-state index contributed by atoms with van der Waals surface area (Å²) in [6, 6.07) is 3.71. The number of fused-ring (bicyclic) bond motifs is 3. The third-order valence-electron chi connectivity index (χ3n) is 6.24. The van der Waals surface area contributed by atoms with Gasteiger partial charge in [0.1, 0.15) is 5.75 Å². The van der Waals surface area contributed by atoms with E-state index in [2.05, 4.69) is 20.8 Å². The maximum atomic E-state index is 12.9. The van der Waals surface area contributed by atoms with Crippen LogP contribution in [0.3, 0.4) is 0 Å². The largest absolute Gasteiger partial charge is 0.497 e. The molecule has 124 valence electrons. The van der Waals surface area contributed by atoms with Crippen molar-refractivity contribution in [3.8, 4) is 5.75 Å². The molecule has 0 aliphatic heterocycles. The fourth-order valence-electron chi connectivity index (χ4n) is 5.00. The summed E-state index contributed by atoms with van der Waals surface area (Å²) in [5.41, 5.74) is 2.27. The van der Waals surface area contributed by atoms with Gasteiger partial charge in [-0.15, -0.1) is 0 Å². The van der Waals surface area contributed by atoms with Crippen molar-refractivity contribution >= 4 is 11.6 Å². The van der Waals surface area contributed by atoms with Crippen LogP contribution in [0.5, 0.6) is 5.75 Å². The lowest BCUT2D eigenvalue weighted by Crippen LogP contribution is -2.49. The zero-order chi connectivity index (χ0) is 17.0. The molecule has 0 heterocycles. The van der Waals surface area contributed by atoms with Crippen LogP contribution in [-0.2, 0) is 5.41 Å². The predicted molar refractivity (Wildman–Crippen MR) is 90.4 cm³/mol. The second kappa shape index (κ2) is 5.19. The summed E-state index contributed by atoms with van der Waals surface area (Å²) >= 11 is 0. The zero-order valence-electron chi connectivity index (χ0n) is 14.8. The number of ether oxygens (including phenoxy) is 1. The van der Waals surface area contributed by atoms with Gasteiger partial charge in [-0.3, -0.25) is 9.59 Å². The Labute approximate surface area is 138 Å². The van der Waals surface area contributed by atoms with Crippen LogP contribution < -0.4 is 4.74 Å². The van der Waals surface area contributed by atoms with E-state index in [0.717, 1.165) is 24.8 Å². The van der Waals surface area contributed by atoms with Gasteiger partial charge in [-0.05, 0) is 54.2 Å². The highest BCUT2D eigenvalue weighted by Crippen LogP contribution is 2.57. The maximum absolute atomic E-state index is 12.9. The Morgan fingerprint density at radius 3 is 2.52 bits per heavy atom. The molecule has 2 aliphatic rings. The van der Waals surface area contributed by atoms with Gasteiger partial charge >= 0.3 is 0 Å². The Morgan fingerprint density at radius 1 is 1.22 bits per heavy atom. The lowest BCUT2D eigenvalue weighted by atomic mass is 9.50. The summed E-state index contributed by atoms with van der Waals surface area (Å²) in [4.78, 5) is 25.0. The van der Waals surface area contributed by atoms with Gasteiger partial charge in [-0.1, -0.05) is 27.2 Å². The molecule has 0 bridgehead atoms. The van der Waals surface area contributed by atoms with E-state index >= 15 is 0 Å². The van der Waals surface area contributed by atoms with Crippen LogP contribution >= 0.6 is 0 Å². The minimum atomic E-state index is -0.0657. The van der Waals surface area contributed by atoms with Crippen LogP contribution in [-0.4, -0.2) is 18.7 Å². The summed E-state index contributed by atoms with van der Waals surface area (Å²) in [7, 11) is 1.61. The minimum Gasteiger partial charge on any atom is -0.497 e. The molecule has 1 saturated carbocycles. The van der Waals surface area contributed by atoms with E-state index in [1.165, 1.54) is 6.92 Å². The molecule has 0 spiro atoms. The van der Waals surface area contributed by atoms with Gasteiger partial charge in [-0.25, -0.2) is 0 Å². The Balaban J connectivity index is 2.29. The molecular weight excluding hydrogens is 288 g/mol. The van der Waals surface area contributed by atoms with Crippen LogP contribution in [0.1, 0.15) is 79.7 Å². The van der Waals surface area contributed by atoms with E-state index in [9.17, 15) is 9.59 Å². The van der Waals surface area contributed by atoms with Crippen molar-refractivity contribution in [3.05, 3.63) is 28.8 Å². The molecule has 2 atom stereocenters. The number of hydrogen-bond acceptors (Lipinski definition) is 3. The number of Topliss-reactive ketones (excluding diaryl/α,β-unsaturated/α-hetero) is 2. The number of hydrogen-bond donors (Lipinski definition) is 0. The molecule has 3 nitrogen and oxygen atoms in total. The first kappa shape index (κ1) is 16.2. The van der Waals surface area contributed by atoms with Crippen LogP contribution in [0.25, 0.3) is 0 Å². The first-order valence-electron chi connectivity index (χ1n) is 8.47. The number of rotatable bonds is 2. The van der Waals surface area contributed by atoms with Crippen LogP contribution in [0.15, 0.2) is 12.1 Å². The quantitative estimate of drug-likeness (QED) is 0.751. The molecule has 0 saturated heterocycles. The molecule has 1 aromatic rings. The first-order valence-corrected chi connectivity index (χ1v) is 8.47. The van der Waals surface area contributed by atoms with E-state index in [-0.39, 0.29) is 22.4 Å². The van der Waals surface area contributed by atoms with E-state index < -0.39 is 0 Å². The Bertz CT molecular complexity index is 686. The molecule has 0 unspecified atom stereocenters. The number of carbonyl (C=O) groups excluding carboxylic acids is 2. The van der Waals surface area contributed by atoms with Gasteiger partial charge in [0.25, 0.3) is 0 Å². The van der Waals surface area contributed by atoms with Crippen molar-refractivity contribution in [2.24, 2.45) is 11.3 Å². The summed E-state index contributed by atoms with van der Waals surface area (Å²) in [6.45, 7) is 8.35. The average Bonchev–Trinajstić information content (AvgIpc) is 2.48. The highest BCUT2D eigenvalue weighted by molar-refractivity contribution is 6.10. The normalized spacial score (nSPS) is 28.7. The molecule has 1 fully saturated rings. The van der Waals surface area contributed by atoms with Gasteiger partial charge in [0.2, 0.25) is 0 Å². The summed E-state index contributed by atoms with van der Waals surface area (Å²) in [6.07, 6.45) is 3.91. The fourth-order valence-corrected chi connectivity index (χ4v) is 5.00. The second-order valence-corrected chi connectivity index (χ2v) is 8.09. The van der Waals surface area contributed by atoms with E-state index in [4.69, 9.17) is 4.74 Å².